The highest BCUT2D eigenvalue weighted by molar-refractivity contribution is 6.52. The Morgan fingerprint density at radius 3 is 2.69 bits per heavy atom. The Balaban J connectivity index is 1.77. The van der Waals surface area contributed by atoms with Gasteiger partial charge in [0, 0.05) is 18.4 Å². The first kappa shape index (κ1) is 21.1. The molecule has 1 amide bonds. The molecule has 9 heteroatoms. The average molecular weight is 403 g/mol. The number of rotatable bonds is 6. The van der Waals surface area contributed by atoms with Crippen LogP contribution >= 0.6 is 0 Å². The van der Waals surface area contributed by atoms with Crippen LogP contribution in [-0.4, -0.2) is 29.7 Å². The van der Waals surface area contributed by atoms with E-state index in [9.17, 15) is 18.0 Å². The lowest BCUT2D eigenvalue weighted by molar-refractivity contribution is -0.141. The van der Waals surface area contributed by atoms with Gasteiger partial charge in [-0.25, -0.2) is 9.97 Å². The minimum Gasteiger partial charge on any atom is -0.352 e. The van der Waals surface area contributed by atoms with E-state index in [4.69, 9.17) is 0 Å². The van der Waals surface area contributed by atoms with E-state index in [1.165, 1.54) is 6.42 Å². The molecular weight excluding hydrogens is 380 g/mol. The highest BCUT2D eigenvalue weighted by atomic mass is 19.4. The number of aromatic nitrogens is 2. The fraction of sp³-hybridized carbons (Fsp3) is 0.450. The summed E-state index contributed by atoms with van der Waals surface area (Å²) < 4.78 is 40.6. The molecule has 0 bridgehead atoms. The van der Waals surface area contributed by atoms with Gasteiger partial charge in [0.2, 0.25) is 5.95 Å². The van der Waals surface area contributed by atoms with Crippen LogP contribution in [0.4, 0.5) is 24.8 Å². The lowest BCUT2D eigenvalue weighted by atomic mass is 9.73. The summed E-state index contributed by atoms with van der Waals surface area (Å²) >= 11 is 0. The van der Waals surface area contributed by atoms with Gasteiger partial charge in [-0.3, -0.25) is 4.79 Å². The third-order valence-electron chi connectivity index (χ3n) is 5.05. The molecule has 1 aliphatic carbocycles. The third kappa shape index (κ3) is 5.71. The molecule has 153 valence electrons. The van der Waals surface area contributed by atoms with Gasteiger partial charge in [-0.05, 0) is 30.9 Å². The third-order valence-corrected chi connectivity index (χ3v) is 5.05. The molecule has 0 spiro atoms. The Morgan fingerprint density at radius 1 is 1.24 bits per heavy atom. The maximum absolute atomic E-state index is 13.5. The quantitative estimate of drug-likeness (QED) is 0.718. The zero-order chi connectivity index (χ0) is 20.9. The van der Waals surface area contributed by atoms with Crippen molar-refractivity contribution in [1.29, 1.82) is 0 Å². The molecule has 0 aliphatic heterocycles. The predicted molar refractivity (Wildman–Crippen MR) is 107 cm³/mol. The van der Waals surface area contributed by atoms with Crippen molar-refractivity contribution in [2.75, 3.05) is 11.9 Å². The van der Waals surface area contributed by atoms with E-state index in [-0.39, 0.29) is 5.95 Å². The second kappa shape index (κ2) is 9.28. The molecule has 1 saturated carbocycles. The standard InChI is InChI=1S/C20H23BF3N4O/c1-21-14-8-5-9-15(10-14)27-19-26-12-16(17(28-19)20(22,23)24)18(29)25-11-13-6-3-2-4-7-13/h5,8-10,12-13H,2-4,6-7,11H2,1H3,(H,25,29)(H,26,27,28). The van der Waals surface area contributed by atoms with Crippen molar-refractivity contribution in [3.05, 3.63) is 41.7 Å². The maximum atomic E-state index is 13.5. The Morgan fingerprint density at radius 2 is 2.00 bits per heavy atom. The molecule has 1 heterocycles. The van der Waals surface area contributed by atoms with Gasteiger partial charge in [0.05, 0.1) is 5.56 Å². The van der Waals surface area contributed by atoms with E-state index in [2.05, 4.69) is 20.6 Å². The van der Waals surface area contributed by atoms with E-state index >= 15 is 0 Å². The molecule has 0 unspecified atom stereocenters. The highest BCUT2D eigenvalue weighted by Crippen LogP contribution is 2.31. The van der Waals surface area contributed by atoms with Crippen LogP contribution < -0.4 is 16.1 Å². The smallest absolute Gasteiger partial charge is 0.352 e. The van der Waals surface area contributed by atoms with Crippen LogP contribution in [0.25, 0.3) is 0 Å². The van der Waals surface area contributed by atoms with Crippen LogP contribution in [0.5, 0.6) is 0 Å². The number of nitrogens with one attached hydrogen (secondary N) is 2. The van der Waals surface area contributed by atoms with Crippen LogP contribution in [0.3, 0.4) is 0 Å². The number of benzene rings is 1. The van der Waals surface area contributed by atoms with Gasteiger partial charge in [0.15, 0.2) is 5.69 Å². The van der Waals surface area contributed by atoms with Crippen LogP contribution in [0.1, 0.15) is 48.2 Å². The molecule has 1 radical (unpaired) electrons. The summed E-state index contributed by atoms with van der Waals surface area (Å²) in [5.74, 6) is -0.696. The summed E-state index contributed by atoms with van der Waals surface area (Å²) in [6.45, 7) is 2.23. The SMILES string of the molecule is C[B]c1cccc(Nc2ncc(C(=O)NCC3CCCCC3)c(C(F)(F)F)n2)c1. The monoisotopic (exact) mass is 403 g/mol. The molecule has 1 fully saturated rings. The summed E-state index contributed by atoms with van der Waals surface area (Å²) in [4.78, 5) is 19.9. The molecule has 1 aliphatic rings. The van der Waals surface area contributed by atoms with Crippen LogP contribution in [0.15, 0.2) is 30.5 Å². The largest absolute Gasteiger partial charge is 0.434 e. The Hall–Kier alpha value is -2.58. The Labute approximate surface area is 168 Å². The van der Waals surface area contributed by atoms with Gasteiger partial charge in [0.25, 0.3) is 5.91 Å². The molecule has 29 heavy (non-hydrogen) atoms. The van der Waals surface area contributed by atoms with Gasteiger partial charge in [-0.2, -0.15) is 13.2 Å². The van der Waals surface area contributed by atoms with Gasteiger partial charge in [-0.15, -0.1) is 0 Å². The summed E-state index contributed by atoms with van der Waals surface area (Å²) in [6, 6.07) is 7.11. The molecule has 2 N–H and O–H groups in total. The number of hydrogen-bond acceptors (Lipinski definition) is 4. The van der Waals surface area contributed by atoms with E-state index in [1.807, 2.05) is 20.2 Å². The maximum Gasteiger partial charge on any atom is 0.434 e. The molecule has 1 aromatic carbocycles. The van der Waals surface area contributed by atoms with Crippen LogP contribution in [0, 0.1) is 5.92 Å². The zero-order valence-electron chi connectivity index (χ0n) is 16.2. The van der Waals surface area contributed by atoms with Crippen molar-refractivity contribution in [2.45, 2.75) is 45.1 Å². The molecule has 5 nitrogen and oxygen atoms in total. The minimum absolute atomic E-state index is 0.214. The molecule has 2 aromatic rings. The molecule has 0 atom stereocenters. The van der Waals surface area contributed by atoms with Crippen LogP contribution in [-0.2, 0) is 6.18 Å². The number of carbonyl (C=O) groups is 1. The Bertz CT molecular complexity index is 854. The average Bonchev–Trinajstić information content (AvgIpc) is 2.72. The van der Waals surface area contributed by atoms with Crippen molar-refractivity contribution < 1.29 is 18.0 Å². The van der Waals surface area contributed by atoms with Crippen molar-refractivity contribution in [3.63, 3.8) is 0 Å². The normalized spacial score (nSPS) is 15.0. The van der Waals surface area contributed by atoms with Crippen molar-refractivity contribution in [1.82, 2.24) is 15.3 Å². The van der Waals surface area contributed by atoms with Crippen molar-refractivity contribution >= 4 is 30.3 Å². The predicted octanol–water partition coefficient (Wildman–Crippen LogP) is 3.93. The van der Waals surface area contributed by atoms with E-state index in [0.29, 0.717) is 18.2 Å². The zero-order valence-corrected chi connectivity index (χ0v) is 16.2. The number of anilines is 2. The topological polar surface area (TPSA) is 66.9 Å². The second-order valence-electron chi connectivity index (χ2n) is 7.21. The number of hydrogen-bond donors (Lipinski definition) is 2. The number of halogens is 3. The fourth-order valence-corrected chi connectivity index (χ4v) is 3.47. The lowest BCUT2D eigenvalue weighted by Crippen LogP contribution is -2.32. The van der Waals surface area contributed by atoms with E-state index in [1.54, 1.807) is 18.2 Å². The number of carbonyl (C=O) groups excluding carboxylic acids is 1. The first-order chi connectivity index (χ1) is 13.9. The van der Waals surface area contributed by atoms with Gasteiger partial charge >= 0.3 is 6.18 Å². The molecule has 1 aromatic heterocycles. The summed E-state index contributed by atoms with van der Waals surface area (Å²) in [5, 5.41) is 5.39. The summed E-state index contributed by atoms with van der Waals surface area (Å²) in [5.41, 5.74) is -0.336. The first-order valence-electron chi connectivity index (χ1n) is 9.75. The van der Waals surface area contributed by atoms with Gasteiger partial charge in [0.1, 0.15) is 7.28 Å². The number of alkyl halides is 3. The summed E-state index contributed by atoms with van der Waals surface area (Å²) in [6.07, 6.45) is 1.49. The van der Waals surface area contributed by atoms with Gasteiger partial charge < -0.3 is 10.6 Å². The number of amides is 1. The van der Waals surface area contributed by atoms with Crippen molar-refractivity contribution in [2.24, 2.45) is 5.92 Å². The lowest BCUT2D eigenvalue weighted by Gasteiger charge is -2.22. The second-order valence-corrected chi connectivity index (χ2v) is 7.21. The number of nitrogens with zero attached hydrogens (tertiary/aromatic N) is 2. The van der Waals surface area contributed by atoms with Crippen LogP contribution in [0.2, 0.25) is 6.82 Å². The summed E-state index contributed by atoms with van der Waals surface area (Å²) in [7, 11) is 1.87. The highest BCUT2D eigenvalue weighted by Gasteiger charge is 2.38. The Kier molecular flexibility index (Phi) is 6.77. The van der Waals surface area contributed by atoms with E-state index in [0.717, 1.165) is 37.3 Å². The van der Waals surface area contributed by atoms with Crippen molar-refractivity contribution in [3.8, 4) is 0 Å². The molecular formula is C20H23BF3N4O. The van der Waals surface area contributed by atoms with E-state index < -0.39 is 23.3 Å². The molecule has 0 saturated heterocycles. The first-order valence-corrected chi connectivity index (χ1v) is 9.75. The fourth-order valence-electron chi connectivity index (χ4n) is 3.47. The minimum atomic E-state index is -4.77. The van der Waals surface area contributed by atoms with Gasteiger partial charge in [-0.1, -0.05) is 43.7 Å². The molecule has 3 rings (SSSR count).